The summed E-state index contributed by atoms with van der Waals surface area (Å²) in [5.41, 5.74) is 0. The zero-order valence-electron chi connectivity index (χ0n) is 56.0. The molecule has 0 saturated carbocycles. The lowest BCUT2D eigenvalue weighted by Crippen LogP contribution is -2.45. The number of aliphatic hydroxyl groups is 2. The second-order valence-corrected chi connectivity index (χ2v) is 26.4. The summed E-state index contributed by atoms with van der Waals surface area (Å²) in [7, 11) is 0. The minimum absolute atomic E-state index is 0.0256. The number of rotatable bonds is 72. The number of allylic oxidation sites excluding steroid dienone is 1. The van der Waals surface area contributed by atoms with Gasteiger partial charge >= 0.3 is 5.97 Å². The lowest BCUT2D eigenvalue weighted by atomic mass is 10.0. The smallest absolute Gasteiger partial charge is 0.305 e. The molecular formula is C76H149NO5. The summed E-state index contributed by atoms with van der Waals surface area (Å²) in [6.45, 7) is 4.95. The number of aliphatic hydroxyl groups excluding tert-OH is 2. The summed E-state index contributed by atoms with van der Waals surface area (Å²) in [6, 6.07) is -0.623. The maximum absolute atomic E-state index is 12.5. The molecule has 0 rings (SSSR count). The molecule has 2 atom stereocenters. The molecule has 488 valence electrons. The van der Waals surface area contributed by atoms with Gasteiger partial charge in [-0.05, 0) is 32.1 Å². The maximum Gasteiger partial charge on any atom is 0.305 e. The van der Waals surface area contributed by atoms with E-state index in [1.807, 2.05) is 6.08 Å². The third kappa shape index (κ3) is 67.7. The van der Waals surface area contributed by atoms with Gasteiger partial charge in [0.15, 0.2) is 0 Å². The Morgan fingerprint density at radius 3 is 0.829 bits per heavy atom. The van der Waals surface area contributed by atoms with Gasteiger partial charge < -0.3 is 20.3 Å². The number of esters is 1. The van der Waals surface area contributed by atoms with Crippen molar-refractivity contribution in [1.29, 1.82) is 0 Å². The summed E-state index contributed by atoms with van der Waals surface area (Å²) in [5, 5.41) is 23.2. The molecule has 0 aromatic rings. The fourth-order valence-electron chi connectivity index (χ4n) is 12.3. The van der Waals surface area contributed by atoms with E-state index in [-0.39, 0.29) is 18.5 Å². The van der Waals surface area contributed by atoms with E-state index in [4.69, 9.17) is 4.74 Å². The van der Waals surface area contributed by atoms with Crippen molar-refractivity contribution < 1.29 is 24.5 Å². The first kappa shape index (κ1) is 80.6. The Bertz CT molecular complexity index is 1240. The Hall–Kier alpha value is -1.40. The molecule has 0 aromatic heterocycles. The largest absolute Gasteiger partial charge is 0.466 e. The van der Waals surface area contributed by atoms with Crippen molar-refractivity contribution in [2.75, 3.05) is 13.2 Å². The van der Waals surface area contributed by atoms with Crippen LogP contribution in [0.15, 0.2) is 12.2 Å². The lowest BCUT2D eigenvalue weighted by Gasteiger charge is -2.20. The quantitative estimate of drug-likeness (QED) is 0.0320. The fraction of sp³-hybridized carbons (Fsp3) is 0.947. The van der Waals surface area contributed by atoms with Crippen molar-refractivity contribution in [2.24, 2.45) is 0 Å². The van der Waals surface area contributed by atoms with Gasteiger partial charge in [-0.25, -0.2) is 0 Å². The number of nitrogens with one attached hydrogen (secondary N) is 1. The molecule has 3 N–H and O–H groups in total. The van der Waals surface area contributed by atoms with Gasteiger partial charge in [0.2, 0.25) is 5.91 Å². The number of hydrogen-bond acceptors (Lipinski definition) is 5. The highest BCUT2D eigenvalue weighted by Gasteiger charge is 2.18. The fourth-order valence-corrected chi connectivity index (χ4v) is 12.3. The van der Waals surface area contributed by atoms with Crippen molar-refractivity contribution in [3.63, 3.8) is 0 Å². The summed E-state index contributed by atoms with van der Waals surface area (Å²) < 4.78 is 5.50. The Kier molecular flexibility index (Phi) is 70.8. The van der Waals surface area contributed by atoms with Gasteiger partial charge in [-0.1, -0.05) is 405 Å². The number of carbonyl (C=O) groups excluding carboxylic acids is 2. The number of amides is 1. The van der Waals surface area contributed by atoms with Crippen LogP contribution in [0.25, 0.3) is 0 Å². The van der Waals surface area contributed by atoms with E-state index >= 15 is 0 Å². The van der Waals surface area contributed by atoms with E-state index in [0.29, 0.717) is 19.4 Å². The van der Waals surface area contributed by atoms with Gasteiger partial charge in [0.05, 0.1) is 25.4 Å². The zero-order valence-corrected chi connectivity index (χ0v) is 56.0. The van der Waals surface area contributed by atoms with E-state index < -0.39 is 12.1 Å². The van der Waals surface area contributed by atoms with Gasteiger partial charge in [0.1, 0.15) is 0 Å². The molecule has 2 unspecified atom stereocenters. The van der Waals surface area contributed by atoms with E-state index in [0.717, 1.165) is 38.5 Å². The first-order valence-electron chi connectivity index (χ1n) is 38.0. The molecule has 0 aliphatic rings. The van der Waals surface area contributed by atoms with Crippen molar-refractivity contribution in [1.82, 2.24) is 5.32 Å². The summed E-state index contributed by atoms with van der Waals surface area (Å²) in [6.07, 6.45) is 90.4. The standard InChI is InChI=1S/C76H149NO5/c1-3-5-7-9-11-13-15-17-19-41-44-48-52-56-60-64-68-74(79)73(72-78)77-75(80)69-65-61-57-53-49-45-42-39-37-35-33-31-29-27-25-23-21-20-22-24-26-28-30-32-34-36-38-40-43-47-51-55-59-63-67-71-82-76(81)70-66-62-58-54-50-46-18-16-14-12-10-8-6-4-2/h64,68,73-74,78-79H,3-63,65-67,69-72H2,1-2H3,(H,77,80)/b68-64+. The Balaban J connectivity index is 3.31. The van der Waals surface area contributed by atoms with E-state index in [1.54, 1.807) is 6.08 Å². The second kappa shape index (κ2) is 72.1. The van der Waals surface area contributed by atoms with Gasteiger partial charge in [-0.3, -0.25) is 9.59 Å². The van der Waals surface area contributed by atoms with Crippen LogP contribution in [-0.4, -0.2) is 47.4 Å². The van der Waals surface area contributed by atoms with E-state index in [1.165, 1.54) is 372 Å². The minimum Gasteiger partial charge on any atom is -0.466 e. The van der Waals surface area contributed by atoms with Crippen LogP contribution in [-0.2, 0) is 14.3 Å². The first-order chi connectivity index (χ1) is 40.5. The topological polar surface area (TPSA) is 95.9 Å². The van der Waals surface area contributed by atoms with E-state index in [9.17, 15) is 19.8 Å². The number of hydrogen-bond donors (Lipinski definition) is 3. The van der Waals surface area contributed by atoms with Crippen LogP contribution in [0.4, 0.5) is 0 Å². The number of ether oxygens (including phenoxy) is 1. The molecule has 6 nitrogen and oxygen atoms in total. The third-order valence-corrected chi connectivity index (χ3v) is 18.1. The predicted octanol–water partition coefficient (Wildman–Crippen LogP) is 24.7. The van der Waals surface area contributed by atoms with Gasteiger partial charge in [-0.15, -0.1) is 0 Å². The molecule has 0 radical (unpaired) electrons. The normalized spacial score (nSPS) is 12.5. The summed E-state index contributed by atoms with van der Waals surface area (Å²) in [5.74, 6) is -0.0334. The Morgan fingerprint density at radius 1 is 0.329 bits per heavy atom. The van der Waals surface area contributed by atoms with Crippen molar-refractivity contribution in [3.8, 4) is 0 Å². The predicted molar refractivity (Wildman–Crippen MR) is 361 cm³/mol. The molecular weight excluding hydrogens is 1010 g/mol. The van der Waals surface area contributed by atoms with Crippen LogP contribution in [0.5, 0.6) is 0 Å². The maximum atomic E-state index is 12.5. The highest BCUT2D eigenvalue weighted by molar-refractivity contribution is 5.76. The highest BCUT2D eigenvalue weighted by Crippen LogP contribution is 2.20. The molecule has 0 saturated heterocycles. The Labute approximate surface area is 514 Å². The number of carbonyl (C=O) groups is 2. The highest BCUT2D eigenvalue weighted by atomic mass is 16.5. The van der Waals surface area contributed by atoms with Crippen LogP contribution in [0.2, 0.25) is 0 Å². The van der Waals surface area contributed by atoms with Crippen LogP contribution < -0.4 is 5.32 Å². The van der Waals surface area contributed by atoms with Crippen molar-refractivity contribution in [3.05, 3.63) is 12.2 Å². The molecule has 6 heteroatoms. The van der Waals surface area contributed by atoms with Crippen LogP contribution in [0.1, 0.15) is 438 Å². The van der Waals surface area contributed by atoms with Crippen molar-refractivity contribution in [2.45, 2.75) is 450 Å². The molecule has 0 aliphatic heterocycles. The molecule has 82 heavy (non-hydrogen) atoms. The Morgan fingerprint density at radius 2 is 0.561 bits per heavy atom. The molecule has 0 aromatic carbocycles. The molecule has 0 bridgehead atoms. The molecule has 0 aliphatic carbocycles. The monoisotopic (exact) mass is 1160 g/mol. The van der Waals surface area contributed by atoms with Crippen molar-refractivity contribution >= 4 is 11.9 Å². The molecule has 1 amide bonds. The summed E-state index contributed by atoms with van der Waals surface area (Å²) >= 11 is 0. The van der Waals surface area contributed by atoms with Crippen LogP contribution in [0.3, 0.4) is 0 Å². The van der Waals surface area contributed by atoms with E-state index in [2.05, 4.69) is 19.2 Å². The molecule has 0 spiro atoms. The summed E-state index contributed by atoms with van der Waals surface area (Å²) in [4.78, 5) is 24.6. The third-order valence-electron chi connectivity index (χ3n) is 18.1. The molecule has 0 fully saturated rings. The zero-order chi connectivity index (χ0) is 59.2. The average molecular weight is 1160 g/mol. The minimum atomic E-state index is -0.840. The van der Waals surface area contributed by atoms with Gasteiger partial charge in [0.25, 0.3) is 0 Å². The number of unbranched alkanes of at least 4 members (excludes halogenated alkanes) is 61. The second-order valence-electron chi connectivity index (χ2n) is 26.4. The van der Waals surface area contributed by atoms with Crippen LogP contribution >= 0.6 is 0 Å². The lowest BCUT2D eigenvalue weighted by molar-refractivity contribution is -0.143. The average Bonchev–Trinajstić information content (AvgIpc) is 3.48. The van der Waals surface area contributed by atoms with Gasteiger partial charge in [0, 0.05) is 12.8 Å². The molecule has 0 heterocycles. The van der Waals surface area contributed by atoms with Gasteiger partial charge in [-0.2, -0.15) is 0 Å². The van der Waals surface area contributed by atoms with Crippen LogP contribution in [0, 0.1) is 0 Å². The SMILES string of the molecule is CCCCCCCCCCCCCCCC/C=C/C(O)C(CO)NC(=O)CCCCCCCCCCCCCCCCCCCCCCCCCCCCCCCCCCCCCOC(=O)CCCCCCCCCCCCCCCC. The first-order valence-corrected chi connectivity index (χ1v) is 38.0.